The number of aromatic nitrogens is 2. The van der Waals surface area contributed by atoms with Gasteiger partial charge in [0.05, 0.1) is 12.2 Å². The molecule has 1 fully saturated rings. The fourth-order valence-electron chi connectivity index (χ4n) is 3.22. The molecule has 0 atom stereocenters. The Labute approximate surface area is 190 Å². The van der Waals surface area contributed by atoms with Crippen molar-refractivity contribution >= 4 is 41.7 Å². The van der Waals surface area contributed by atoms with E-state index >= 15 is 0 Å². The van der Waals surface area contributed by atoms with Crippen molar-refractivity contribution in [3.8, 4) is 0 Å². The summed E-state index contributed by atoms with van der Waals surface area (Å²) in [5.74, 6) is 0.914. The number of aliphatic imine (C=N–C) groups is 1. The summed E-state index contributed by atoms with van der Waals surface area (Å²) in [6, 6.07) is 10.7. The summed E-state index contributed by atoms with van der Waals surface area (Å²) in [6.07, 6.45) is 3.44. The normalized spacial score (nSPS) is 15.1. The van der Waals surface area contributed by atoms with E-state index in [-0.39, 0.29) is 28.7 Å². The second-order valence-electron chi connectivity index (χ2n) is 7.24. The highest BCUT2D eigenvalue weighted by molar-refractivity contribution is 14.0. The molecule has 154 valence electrons. The summed E-state index contributed by atoms with van der Waals surface area (Å²) < 4.78 is 2.24. The lowest BCUT2D eigenvalue weighted by Crippen LogP contribution is -2.39. The maximum atomic E-state index is 4.88. The molecule has 1 aliphatic rings. The van der Waals surface area contributed by atoms with Crippen LogP contribution in [0.3, 0.4) is 0 Å². The molecule has 1 saturated carbocycles. The molecule has 0 amide bonds. The van der Waals surface area contributed by atoms with Gasteiger partial charge in [-0.05, 0) is 57.7 Å². The average Bonchev–Trinajstić information content (AvgIpc) is 3.37. The van der Waals surface area contributed by atoms with Crippen molar-refractivity contribution in [1.29, 1.82) is 0 Å². The van der Waals surface area contributed by atoms with Gasteiger partial charge in [0.15, 0.2) is 5.96 Å². The van der Waals surface area contributed by atoms with E-state index in [9.17, 15) is 0 Å². The highest BCUT2D eigenvalue weighted by Crippen LogP contribution is 2.51. The topological polar surface area (TPSA) is 54.2 Å². The zero-order valence-corrected chi connectivity index (χ0v) is 20.4. The quantitative estimate of drug-likeness (QED) is 0.318. The van der Waals surface area contributed by atoms with Crippen LogP contribution in [-0.4, -0.2) is 40.1 Å². The Kier molecular flexibility index (Phi) is 8.67. The van der Waals surface area contributed by atoms with Gasteiger partial charge in [-0.1, -0.05) is 18.2 Å². The Morgan fingerprint density at radius 2 is 1.93 bits per heavy atom. The molecule has 0 aliphatic heterocycles. The van der Waals surface area contributed by atoms with Crippen LogP contribution in [0.2, 0.25) is 0 Å². The molecule has 2 N–H and O–H groups in total. The second-order valence-corrected chi connectivity index (χ2v) is 8.78. The molecule has 0 radical (unpaired) electrons. The van der Waals surface area contributed by atoms with E-state index in [0.29, 0.717) is 0 Å². The minimum atomic E-state index is 0. The molecule has 7 heteroatoms. The molecular formula is C21H32IN5S. The zero-order valence-electron chi connectivity index (χ0n) is 17.3. The van der Waals surface area contributed by atoms with Gasteiger partial charge >= 0.3 is 0 Å². The van der Waals surface area contributed by atoms with E-state index in [0.717, 1.165) is 37.7 Å². The van der Waals surface area contributed by atoms with Crippen molar-refractivity contribution in [2.24, 2.45) is 12.0 Å². The molecular weight excluding hydrogens is 481 g/mol. The van der Waals surface area contributed by atoms with E-state index in [1.54, 1.807) is 0 Å². The number of nitrogens with one attached hydrogen (secondary N) is 2. The van der Waals surface area contributed by atoms with Crippen LogP contribution in [0.25, 0.3) is 0 Å². The first-order chi connectivity index (χ1) is 13.0. The predicted octanol–water partition coefficient (Wildman–Crippen LogP) is 4.08. The largest absolute Gasteiger partial charge is 0.357 e. The van der Waals surface area contributed by atoms with E-state index in [1.807, 2.05) is 23.5 Å². The van der Waals surface area contributed by atoms with Crippen molar-refractivity contribution in [1.82, 2.24) is 20.4 Å². The van der Waals surface area contributed by atoms with Crippen molar-refractivity contribution in [2.75, 3.05) is 19.6 Å². The van der Waals surface area contributed by atoms with E-state index in [1.165, 1.54) is 29.0 Å². The average molecular weight is 513 g/mol. The van der Waals surface area contributed by atoms with Crippen LogP contribution >= 0.6 is 35.7 Å². The van der Waals surface area contributed by atoms with Gasteiger partial charge in [0.25, 0.3) is 0 Å². The van der Waals surface area contributed by atoms with Crippen LogP contribution in [0.5, 0.6) is 0 Å². The summed E-state index contributed by atoms with van der Waals surface area (Å²) in [5.41, 5.74) is 3.70. The molecule has 1 aromatic heterocycles. The van der Waals surface area contributed by atoms with Gasteiger partial charge in [0.2, 0.25) is 0 Å². The third-order valence-electron chi connectivity index (χ3n) is 5.08. The van der Waals surface area contributed by atoms with Crippen LogP contribution in [0.4, 0.5) is 0 Å². The third kappa shape index (κ3) is 6.14. The number of hydrogen-bond acceptors (Lipinski definition) is 3. The van der Waals surface area contributed by atoms with Crippen LogP contribution in [0, 0.1) is 13.8 Å². The van der Waals surface area contributed by atoms with Crippen LogP contribution in [0.15, 0.2) is 40.2 Å². The molecule has 1 aliphatic carbocycles. The van der Waals surface area contributed by atoms with E-state index in [4.69, 9.17) is 4.99 Å². The van der Waals surface area contributed by atoms with Gasteiger partial charge in [-0.15, -0.1) is 35.7 Å². The lowest BCUT2D eigenvalue weighted by molar-refractivity contribution is 0.728. The molecule has 0 saturated heterocycles. The van der Waals surface area contributed by atoms with Crippen LogP contribution in [-0.2, 0) is 13.5 Å². The Bertz CT molecular complexity index is 784. The first-order valence-corrected chi connectivity index (χ1v) is 10.6. The zero-order chi connectivity index (χ0) is 19.3. The minimum Gasteiger partial charge on any atom is -0.357 e. The van der Waals surface area contributed by atoms with Gasteiger partial charge in [-0.3, -0.25) is 9.67 Å². The smallest absolute Gasteiger partial charge is 0.191 e. The number of benzene rings is 1. The molecule has 2 aromatic rings. The summed E-state index contributed by atoms with van der Waals surface area (Å²) in [6.45, 7) is 8.91. The van der Waals surface area contributed by atoms with Crippen LogP contribution in [0.1, 0.15) is 36.7 Å². The van der Waals surface area contributed by atoms with Gasteiger partial charge in [0, 0.05) is 35.5 Å². The Morgan fingerprint density at radius 1 is 1.21 bits per heavy atom. The number of nitrogens with zero attached hydrogens (tertiary/aromatic N) is 3. The van der Waals surface area contributed by atoms with E-state index in [2.05, 4.69) is 66.8 Å². The van der Waals surface area contributed by atoms with Gasteiger partial charge < -0.3 is 10.6 Å². The lowest BCUT2D eigenvalue weighted by Gasteiger charge is -2.15. The van der Waals surface area contributed by atoms with Crippen molar-refractivity contribution in [3.63, 3.8) is 0 Å². The third-order valence-corrected chi connectivity index (χ3v) is 6.56. The summed E-state index contributed by atoms with van der Waals surface area (Å²) in [4.78, 5) is 6.22. The molecule has 0 unspecified atom stereocenters. The number of hydrogen-bond donors (Lipinski definition) is 2. The van der Waals surface area contributed by atoms with E-state index < -0.39 is 0 Å². The summed E-state index contributed by atoms with van der Waals surface area (Å²) in [5, 5.41) is 11.4. The first-order valence-electron chi connectivity index (χ1n) is 9.78. The molecule has 5 nitrogen and oxygen atoms in total. The van der Waals surface area contributed by atoms with Gasteiger partial charge in [0.1, 0.15) is 0 Å². The Morgan fingerprint density at radius 3 is 2.50 bits per heavy atom. The number of aryl methyl sites for hydroxylation is 2. The molecule has 1 heterocycles. The highest BCUT2D eigenvalue weighted by atomic mass is 127. The second kappa shape index (κ2) is 10.5. The SMILES string of the molecule is CCNC(=NCC1(Sc2ccccc2)CC1)NCCc1c(C)nn(C)c1C.I. The van der Waals surface area contributed by atoms with Gasteiger partial charge in [-0.25, -0.2) is 0 Å². The standard InChI is InChI=1S/C21H31N5S.HI/c1-5-22-20(23-14-11-19-16(2)25-26(4)17(19)3)24-15-21(12-13-21)27-18-9-7-6-8-10-18;/h6-10H,5,11-15H2,1-4H3,(H2,22,23,24);1H. The van der Waals surface area contributed by atoms with Crippen molar-refractivity contribution in [3.05, 3.63) is 47.3 Å². The molecule has 0 spiro atoms. The number of rotatable bonds is 8. The predicted molar refractivity (Wildman–Crippen MR) is 130 cm³/mol. The fourth-order valence-corrected chi connectivity index (χ4v) is 4.45. The monoisotopic (exact) mass is 513 g/mol. The Hall–Kier alpha value is -1.22. The fraction of sp³-hybridized carbons (Fsp3) is 0.524. The number of guanidine groups is 1. The maximum absolute atomic E-state index is 4.88. The van der Waals surface area contributed by atoms with Crippen LogP contribution < -0.4 is 10.6 Å². The first kappa shape index (κ1) is 23.1. The summed E-state index contributed by atoms with van der Waals surface area (Å²) >= 11 is 1.97. The lowest BCUT2D eigenvalue weighted by atomic mass is 10.1. The Balaban J connectivity index is 0.00000280. The number of halogens is 1. The molecule has 3 rings (SSSR count). The maximum Gasteiger partial charge on any atom is 0.191 e. The molecule has 1 aromatic carbocycles. The number of thioether (sulfide) groups is 1. The summed E-state index contributed by atoms with van der Waals surface area (Å²) in [7, 11) is 2.00. The molecule has 28 heavy (non-hydrogen) atoms. The van der Waals surface area contributed by atoms with Crippen molar-refractivity contribution < 1.29 is 0 Å². The van der Waals surface area contributed by atoms with Crippen molar-refractivity contribution in [2.45, 2.75) is 49.7 Å². The minimum absolute atomic E-state index is 0. The molecule has 0 bridgehead atoms. The van der Waals surface area contributed by atoms with Gasteiger partial charge in [-0.2, -0.15) is 5.10 Å². The highest BCUT2D eigenvalue weighted by Gasteiger charge is 2.43.